The topological polar surface area (TPSA) is 53.4 Å². The lowest BCUT2D eigenvalue weighted by Gasteiger charge is -2.12. The third kappa shape index (κ3) is 2.39. The van der Waals surface area contributed by atoms with E-state index in [0.29, 0.717) is 29.3 Å². The first-order chi connectivity index (χ1) is 9.62. The van der Waals surface area contributed by atoms with Crippen molar-refractivity contribution in [2.24, 2.45) is 0 Å². The number of hydrogen-bond donors (Lipinski definition) is 0. The summed E-state index contributed by atoms with van der Waals surface area (Å²) in [5, 5.41) is 4.30. The van der Waals surface area contributed by atoms with Gasteiger partial charge >= 0.3 is 0 Å². The maximum Gasteiger partial charge on any atom is 0.218 e. The lowest BCUT2D eigenvalue weighted by atomic mass is 10.1. The highest BCUT2D eigenvalue weighted by molar-refractivity contribution is 6.11. The van der Waals surface area contributed by atoms with Crippen molar-refractivity contribution in [3.63, 3.8) is 0 Å². The zero-order valence-corrected chi connectivity index (χ0v) is 12.1. The first-order valence-electron chi connectivity index (χ1n) is 6.42. The Labute approximate surface area is 118 Å². The molecule has 20 heavy (non-hydrogen) atoms. The molecule has 2 rings (SSSR count). The highest BCUT2D eigenvalue weighted by Crippen LogP contribution is 2.30. The molecule has 0 saturated carbocycles. The summed E-state index contributed by atoms with van der Waals surface area (Å²) >= 11 is 0. The molecule has 0 N–H and O–H groups in total. The number of aromatic nitrogens is 2. The van der Waals surface area contributed by atoms with Crippen LogP contribution in [-0.2, 0) is 6.54 Å². The summed E-state index contributed by atoms with van der Waals surface area (Å²) in [5.74, 6) is 0.841. The van der Waals surface area contributed by atoms with Gasteiger partial charge < -0.3 is 9.47 Å². The second kappa shape index (κ2) is 5.77. The van der Waals surface area contributed by atoms with Gasteiger partial charge in [-0.1, -0.05) is 6.07 Å². The van der Waals surface area contributed by atoms with Crippen LogP contribution < -0.4 is 9.47 Å². The molecule has 0 bridgehead atoms. The summed E-state index contributed by atoms with van der Waals surface area (Å²) in [6, 6.07) is 7.05. The van der Waals surface area contributed by atoms with E-state index in [-0.39, 0.29) is 5.78 Å². The van der Waals surface area contributed by atoms with Crippen molar-refractivity contribution in [2.45, 2.75) is 20.4 Å². The van der Waals surface area contributed by atoms with Crippen LogP contribution in [0.3, 0.4) is 0 Å². The van der Waals surface area contributed by atoms with E-state index < -0.39 is 0 Å². The molecule has 0 amide bonds. The number of hydrogen-bond acceptors (Lipinski definition) is 4. The minimum absolute atomic E-state index is 0.151. The third-order valence-electron chi connectivity index (χ3n) is 3.09. The van der Waals surface area contributed by atoms with Crippen molar-refractivity contribution < 1.29 is 14.3 Å². The molecule has 0 aliphatic heterocycles. The minimum Gasteiger partial charge on any atom is -0.496 e. The van der Waals surface area contributed by atoms with E-state index in [1.165, 1.54) is 14.2 Å². The summed E-state index contributed by atoms with van der Waals surface area (Å²) in [4.78, 5) is 12.8. The Morgan fingerprint density at radius 1 is 1.25 bits per heavy atom. The van der Waals surface area contributed by atoms with Crippen molar-refractivity contribution in [1.29, 1.82) is 0 Å². The average molecular weight is 274 g/mol. The molecular formula is C15H18N2O3. The molecule has 5 nitrogen and oxygen atoms in total. The van der Waals surface area contributed by atoms with Gasteiger partial charge in [-0.3, -0.25) is 9.48 Å². The molecular weight excluding hydrogens is 256 g/mol. The van der Waals surface area contributed by atoms with Gasteiger partial charge in [0, 0.05) is 6.54 Å². The summed E-state index contributed by atoms with van der Waals surface area (Å²) in [7, 11) is 3.07. The van der Waals surface area contributed by atoms with E-state index >= 15 is 0 Å². The van der Waals surface area contributed by atoms with Crippen LogP contribution in [0.4, 0.5) is 0 Å². The molecule has 0 aliphatic carbocycles. The lowest BCUT2D eigenvalue weighted by Crippen LogP contribution is -2.12. The fourth-order valence-corrected chi connectivity index (χ4v) is 2.17. The quantitative estimate of drug-likeness (QED) is 0.786. The Morgan fingerprint density at radius 2 is 1.85 bits per heavy atom. The van der Waals surface area contributed by atoms with E-state index in [1.54, 1.807) is 28.9 Å². The van der Waals surface area contributed by atoms with Crippen LogP contribution in [0.25, 0.3) is 0 Å². The van der Waals surface area contributed by atoms with Crippen molar-refractivity contribution in [3.8, 4) is 11.5 Å². The number of carbonyl (C=O) groups is 1. The van der Waals surface area contributed by atoms with E-state index in [2.05, 4.69) is 5.10 Å². The Kier molecular flexibility index (Phi) is 4.08. The minimum atomic E-state index is -0.151. The zero-order chi connectivity index (χ0) is 14.7. The lowest BCUT2D eigenvalue weighted by molar-refractivity contribution is 0.102. The Morgan fingerprint density at radius 3 is 2.35 bits per heavy atom. The van der Waals surface area contributed by atoms with Crippen LogP contribution in [0.5, 0.6) is 11.5 Å². The molecule has 1 aromatic heterocycles. The van der Waals surface area contributed by atoms with Crippen LogP contribution in [0, 0.1) is 6.92 Å². The SMILES string of the molecule is CCn1nc(C)cc1C(=O)c1c(OC)cccc1OC. The number of aryl methyl sites for hydroxylation is 2. The molecule has 0 spiro atoms. The number of ketones is 1. The summed E-state index contributed by atoms with van der Waals surface area (Å²) < 4.78 is 12.2. The zero-order valence-electron chi connectivity index (χ0n) is 12.1. The molecule has 0 fully saturated rings. The molecule has 1 aromatic carbocycles. The van der Waals surface area contributed by atoms with E-state index in [9.17, 15) is 4.79 Å². The van der Waals surface area contributed by atoms with Crippen molar-refractivity contribution in [1.82, 2.24) is 9.78 Å². The number of benzene rings is 1. The largest absolute Gasteiger partial charge is 0.496 e. The molecule has 2 aromatic rings. The Hall–Kier alpha value is -2.30. The van der Waals surface area contributed by atoms with Crippen LogP contribution in [0.2, 0.25) is 0 Å². The maximum atomic E-state index is 12.8. The number of carbonyl (C=O) groups excluding carboxylic acids is 1. The van der Waals surface area contributed by atoms with Crippen LogP contribution in [-0.4, -0.2) is 29.8 Å². The second-order valence-electron chi connectivity index (χ2n) is 4.35. The van der Waals surface area contributed by atoms with E-state index in [1.807, 2.05) is 13.8 Å². The average Bonchev–Trinajstić information content (AvgIpc) is 2.86. The number of methoxy groups -OCH3 is 2. The van der Waals surface area contributed by atoms with Crippen LogP contribution in [0.1, 0.15) is 28.7 Å². The van der Waals surface area contributed by atoms with E-state index in [0.717, 1.165) is 5.69 Å². The second-order valence-corrected chi connectivity index (χ2v) is 4.35. The Balaban J connectivity index is 2.58. The number of rotatable bonds is 5. The fourth-order valence-electron chi connectivity index (χ4n) is 2.17. The predicted molar refractivity (Wildman–Crippen MR) is 75.6 cm³/mol. The van der Waals surface area contributed by atoms with Gasteiger partial charge in [-0.2, -0.15) is 5.10 Å². The highest BCUT2D eigenvalue weighted by atomic mass is 16.5. The summed E-state index contributed by atoms with van der Waals surface area (Å²) in [6.45, 7) is 4.44. The third-order valence-corrected chi connectivity index (χ3v) is 3.09. The molecule has 106 valence electrons. The monoisotopic (exact) mass is 274 g/mol. The normalized spacial score (nSPS) is 10.4. The number of nitrogens with zero attached hydrogens (tertiary/aromatic N) is 2. The molecule has 0 saturated heterocycles. The maximum absolute atomic E-state index is 12.8. The summed E-state index contributed by atoms with van der Waals surface area (Å²) in [5.41, 5.74) is 1.77. The molecule has 5 heteroatoms. The molecule has 0 unspecified atom stereocenters. The molecule has 0 radical (unpaired) electrons. The molecule has 1 heterocycles. The molecule has 0 atom stereocenters. The van der Waals surface area contributed by atoms with Gasteiger partial charge in [-0.25, -0.2) is 0 Å². The summed E-state index contributed by atoms with van der Waals surface area (Å²) in [6.07, 6.45) is 0. The standard InChI is InChI=1S/C15H18N2O3/c1-5-17-11(9-10(2)16-17)15(18)14-12(19-3)7-6-8-13(14)20-4/h6-9H,5H2,1-4H3. The Bertz CT molecular complexity index is 610. The van der Waals surface area contributed by atoms with Gasteiger partial charge in [0.2, 0.25) is 5.78 Å². The smallest absolute Gasteiger partial charge is 0.218 e. The predicted octanol–water partition coefficient (Wildman–Crippen LogP) is 2.46. The van der Waals surface area contributed by atoms with Gasteiger partial charge in [0.15, 0.2) is 0 Å². The highest BCUT2D eigenvalue weighted by Gasteiger charge is 2.23. The van der Waals surface area contributed by atoms with Crippen molar-refractivity contribution in [2.75, 3.05) is 14.2 Å². The van der Waals surface area contributed by atoms with Crippen LogP contribution in [0.15, 0.2) is 24.3 Å². The van der Waals surface area contributed by atoms with Gasteiger partial charge in [0.25, 0.3) is 0 Å². The number of ether oxygens (including phenoxy) is 2. The van der Waals surface area contributed by atoms with Gasteiger partial charge in [0.05, 0.1) is 19.9 Å². The van der Waals surface area contributed by atoms with E-state index in [4.69, 9.17) is 9.47 Å². The van der Waals surface area contributed by atoms with Gasteiger partial charge in [-0.05, 0) is 32.0 Å². The van der Waals surface area contributed by atoms with Gasteiger partial charge in [0.1, 0.15) is 22.8 Å². The fraction of sp³-hybridized carbons (Fsp3) is 0.333. The van der Waals surface area contributed by atoms with Crippen molar-refractivity contribution >= 4 is 5.78 Å². The molecule has 0 aliphatic rings. The van der Waals surface area contributed by atoms with Gasteiger partial charge in [-0.15, -0.1) is 0 Å². The first kappa shape index (κ1) is 14.1. The van der Waals surface area contributed by atoms with Crippen molar-refractivity contribution in [3.05, 3.63) is 41.2 Å². The first-order valence-corrected chi connectivity index (χ1v) is 6.42. The van der Waals surface area contributed by atoms with Crippen LogP contribution >= 0.6 is 0 Å².